The van der Waals surface area contributed by atoms with E-state index in [-0.39, 0.29) is 0 Å². The molecule has 0 saturated heterocycles. The average Bonchev–Trinajstić information content (AvgIpc) is 4.10. The molecule has 7 heteroatoms. The lowest BCUT2D eigenvalue weighted by molar-refractivity contribution is 0.893. The molecule has 0 amide bonds. The highest BCUT2D eigenvalue weighted by Crippen LogP contribution is 2.36. The molecule has 0 unspecified atom stereocenters. The quantitative estimate of drug-likeness (QED) is 0.0779. The van der Waals surface area contributed by atoms with Crippen molar-refractivity contribution in [1.29, 1.82) is 0 Å². The summed E-state index contributed by atoms with van der Waals surface area (Å²) in [5.41, 5.74) is 12.2. The number of para-hydroxylation sites is 3. The van der Waals surface area contributed by atoms with Crippen LogP contribution in [-0.2, 0) is 0 Å². The van der Waals surface area contributed by atoms with E-state index in [2.05, 4.69) is 263 Å². The minimum absolute atomic E-state index is 0.476. The van der Waals surface area contributed by atoms with Crippen molar-refractivity contribution in [1.82, 2.24) is 24.1 Å². The van der Waals surface area contributed by atoms with Crippen LogP contribution < -0.4 is 20.7 Å². The molecule has 3 heterocycles. The Bertz CT molecular complexity index is 4340. The predicted molar refractivity (Wildman–Crippen MR) is 320 cm³/mol. The number of nitrogens with zero attached hydrogens (tertiary/aromatic N) is 6. The lowest BCUT2D eigenvalue weighted by Crippen LogP contribution is -2.74. The highest BCUT2D eigenvalue weighted by molar-refractivity contribution is 7.20. The Morgan fingerprint density at radius 3 is 1.04 bits per heavy atom. The molecule has 0 aliphatic heterocycles. The number of fused-ring (bicyclic) bond motifs is 6. The average molecular weight is 999 g/mol. The smallest absolute Gasteiger partial charge is 0.240 e. The fraction of sp³-hybridized carbons (Fsp3) is 0. The van der Waals surface area contributed by atoms with Gasteiger partial charge in [0, 0.05) is 21.7 Å². The maximum absolute atomic E-state index is 7.92. The van der Waals surface area contributed by atoms with Crippen molar-refractivity contribution in [2.24, 2.45) is 0 Å². The first-order valence-corrected chi connectivity index (χ1v) is 27.9. The summed E-state index contributed by atoms with van der Waals surface area (Å²) in [4.78, 5) is 20.4. The Labute approximate surface area is 447 Å². The van der Waals surface area contributed by atoms with Gasteiger partial charge in [0.25, 0.3) is 0 Å². The number of benzene rings is 11. The molecule has 3 aromatic heterocycles. The van der Waals surface area contributed by atoms with Gasteiger partial charge in [-0.1, -0.05) is 249 Å². The van der Waals surface area contributed by atoms with Gasteiger partial charge in [0.15, 0.2) is 19.6 Å². The fourth-order valence-corrected chi connectivity index (χ4v) is 16.5. The van der Waals surface area contributed by atoms with Crippen LogP contribution in [0.4, 0.5) is 5.69 Å². The molecule has 0 atom stereocenters. The fourth-order valence-electron chi connectivity index (χ4n) is 11.6. The minimum Gasteiger partial charge on any atom is -0.278 e. The van der Waals surface area contributed by atoms with Crippen LogP contribution in [0.1, 0.15) is 0 Å². The second-order valence-electron chi connectivity index (χ2n) is 19.5. The summed E-state index contributed by atoms with van der Waals surface area (Å²) in [6.45, 7) is 7.92. The standard InChI is InChI=1S/C70H46N6Si/c1-71-55-41-42-67-63(47-55)62-37-13-16-40-66(62)76(67)70-73-68(72-69(74-70)75-64-38-14-11-35-60(64)61-36-12-15-39-65(61)75)54-30-20-34-59(46-54)77(56-31-17-27-51(43-56)48-21-5-2-6-22-48,57-32-18-28-52(44-57)49-23-7-3-8-24-49)58-33-19-29-53(45-58)50-25-9-4-10-26-50/h2-47H. The number of hydrogen-bond acceptors (Lipinski definition) is 3. The first-order valence-electron chi connectivity index (χ1n) is 25.9. The van der Waals surface area contributed by atoms with Crippen LogP contribution in [0.25, 0.3) is 105 Å². The zero-order chi connectivity index (χ0) is 51.3. The summed E-state index contributed by atoms with van der Waals surface area (Å²) in [6.07, 6.45) is 0. The van der Waals surface area contributed by atoms with Crippen molar-refractivity contribution < 1.29 is 0 Å². The third kappa shape index (κ3) is 7.74. The zero-order valence-corrected chi connectivity index (χ0v) is 42.7. The van der Waals surface area contributed by atoms with E-state index in [1.807, 2.05) is 30.3 Å². The molecule has 0 N–H and O–H groups in total. The molecular weight excluding hydrogens is 953 g/mol. The van der Waals surface area contributed by atoms with E-state index in [4.69, 9.17) is 21.5 Å². The van der Waals surface area contributed by atoms with E-state index in [1.54, 1.807) is 0 Å². The Morgan fingerprint density at radius 2 is 0.623 bits per heavy atom. The van der Waals surface area contributed by atoms with Gasteiger partial charge in [0.05, 0.1) is 28.6 Å². The SMILES string of the molecule is [C-]#[N+]c1ccc2c(c1)c1ccccc1n2-c1nc(-c2cccc([Si](c3cccc(-c4ccccc4)c3)(c3cccc(-c4ccccc4)c3)c3cccc(-c4ccccc4)c3)c2)nc(-n2c3ccccc3c3ccccc32)n1. The number of rotatable bonds is 10. The zero-order valence-electron chi connectivity index (χ0n) is 41.7. The van der Waals surface area contributed by atoms with Crippen molar-refractivity contribution in [3.8, 4) is 56.7 Å². The molecule has 0 saturated carbocycles. The van der Waals surface area contributed by atoms with E-state index in [0.29, 0.717) is 23.4 Å². The van der Waals surface area contributed by atoms with Gasteiger partial charge in [-0.25, -0.2) is 4.85 Å². The molecule has 0 fully saturated rings. The lowest BCUT2D eigenvalue weighted by atomic mass is 10.1. The van der Waals surface area contributed by atoms with E-state index < -0.39 is 8.07 Å². The summed E-state index contributed by atoms with van der Waals surface area (Å²) >= 11 is 0. The maximum atomic E-state index is 7.92. The van der Waals surface area contributed by atoms with Crippen LogP contribution in [0.2, 0.25) is 0 Å². The Morgan fingerprint density at radius 1 is 0.286 bits per heavy atom. The van der Waals surface area contributed by atoms with Crippen molar-refractivity contribution in [3.63, 3.8) is 0 Å². The van der Waals surface area contributed by atoms with Crippen molar-refractivity contribution in [2.75, 3.05) is 0 Å². The molecule has 0 bridgehead atoms. The molecule has 0 radical (unpaired) electrons. The van der Waals surface area contributed by atoms with Crippen LogP contribution in [0.5, 0.6) is 0 Å². The first kappa shape index (κ1) is 45.4. The third-order valence-corrected chi connectivity index (χ3v) is 19.8. The minimum atomic E-state index is -3.35. The van der Waals surface area contributed by atoms with Crippen LogP contribution in [0.3, 0.4) is 0 Å². The second-order valence-corrected chi connectivity index (χ2v) is 23.3. The highest BCUT2D eigenvalue weighted by Gasteiger charge is 2.42. The van der Waals surface area contributed by atoms with E-state index in [9.17, 15) is 0 Å². The Hall–Kier alpha value is -10.3. The number of aromatic nitrogens is 5. The molecule has 0 spiro atoms. The second kappa shape index (κ2) is 18.9. The van der Waals surface area contributed by atoms with E-state index in [0.717, 1.165) is 82.6 Å². The van der Waals surface area contributed by atoms with Gasteiger partial charge < -0.3 is 0 Å². The van der Waals surface area contributed by atoms with Gasteiger partial charge in [-0.2, -0.15) is 15.0 Å². The van der Waals surface area contributed by atoms with Gasteiger partial charge in [-0.05, 0) is 89.8 Å². The van der Waals surface area contributed by atoms with Crippen LogP contribution in [0, 0.1) is 6.57 Å². The maximum Gasteiger partial charge on any atom is 0.240 e. The monoisotopic (exact) mass is 998 g/mol. The first-order chi connectivity index (χ1) is 38.1. The van der Waals surface area contributed by atoms with Gasteiger partial charge >= 0.3 is 0 Å². The summed E-state index contributed by atoms with van der Waals surface area (Å²) in [5.74, 6) is 1.51. The Balaban J connectivity index is 1.08. The summed E-state index contributed by atoms with van der Waals surface area (Å²) in [5, 5.41) is 9.12. The van der Waals surface area contributed by atoms with Crippen LogP contribution in [0.15, 0.2) is 279 Å². The van der Waals surface area contributed by atoms with E-state index >= 15 is 0 Å². The summed E-state index contributed by atoms with van der Waals surface area (Å²) in [6, 6.07) is 99.9. The highest BCUT2D eigenvalue weighted by atomic mass is 28.3. The molecule has 77 heavy (non-hydrogen) atoms. The van der Waals surface area contributed by atoms with Crippen molar-refractivity contribution >= 4 is 78.1 Å². The van der Waals surface area contributed by atoms with Gasteiger partial charge in [0.2, 0.25) is 11.9 Å². The summed E-state index contributed by atoms with van der Waals surface area (Å²) < 4.78 is 4.30. The summed E-state index contributed by atoms with van der Waals surface area (Å²) in [7, 11) is -3.35. The van der Waals surface area contributed by atoms with Gasteiger partial charge in [0.1, 0.15) is 0 Å². The predicted octanol–water partition coefficient (Wildman–Crippen LogP) is 14.7. The topological polar surface area (TPSA) is 52.9 Å². The van der Waals surface area contributed by atoms with Gasteiger partial charge in [-0.3, -0.25) is 9.13 Å². The van der Waals surface area contributed by atoms with Gasteiger partial charge in [-0.15, -0.1) is 0 Å². The lowest BCUT2D eigenvalue weighted by Gasteiger charge is -2.35. The molecular formula is C70H46N6Si. The molecule has 0 aliphatic rings. The molecule has 11 aromatic carbocycles. The van der Waals surface area contributed by atoms with Crippen LogP contribution in [-0.4, -0.2) is 32.2 Å². The van der Waals surface area contributed by atoms with Crippen molar-refractivity contribution in [3.05, 3.63) is 290 Å². The Kier molecular flexibility index (Phi) is 11.1. The normalized spacial score (nSPS) is 11.6. The van der Waals surface area contributed by atoms with Crippen molar-refractivity contribution in [2.45, 2.75) is 0 Å². The molecule has 14 rings (SSSR count). The molecule has 0 aliphatic carbocycles. The largest absolute Gasteiger partial charge is 0.278 e. The number of hydrogen-bond donors (Lipinski definition) is 0. The van der Waals surface area contributed by atoms with Crippen LogP contribution >= 0.6 is 0 Å². The molecule has 6 nitrogen and oxygen atoms in total. The van der Waals surface area contributed by atoms with E-state index in [1.165, 1.54) is 20.7 Å². The third-order valence-electron chi connectivity index (χ3n) is 15.1. The molecule has 14 aromatic rings. The molecule has 360 valence electrons.